The van der Waals surface area contributed by atoms with Crippen LogP contribution < -0.4 is 0 Å². The van der Waals surface area contributed by atoms with E-state index in [1.807, 2.05) is 45.9 Å². The average molecular weight is 252 g/mol. The Morgan fingerprint density at radius 1 is 0.842 bits per heavy atom. The van der Waals surface area contributed by atoms with Crippen LogP contribution in [0.2, 0.25) is 0 Å². The predicted molar refractivity (Wildman–Crippen MR) is 80.0 cm³/mol. The van der Waals surface area contributed by atoms with Gasteiger partial charge >= 0.3 is 0 Å². The van der Waals surface area contributed by atoms with E-state index in [0.717, 1.165) is 33.4 Å². The summed E-state index contributed by atoms with van der Waals surface area (Å²) in [4.78, 5) is 12.8. The van der Waals surface area contributed by atoms with Gasteiger partial charge in [-0.3, -0.25) is 4.79 Å². The lowest BCUT2D eigenvalue weighted by Crippen LogP contribution is -2.09. The molecule has 98 valence electrons. The van der Waals surface area contributed by atoms with E-state index in [2.05, 4.69) is 19.1 Å². The number of rotatable bonds is 2. The van der Waals surface area contributed by atoms with Gasteiger partial charge in [0, 0.05) is 11.1 Å². The fourth-order valence-electron chi connectivity index (χ4n) is 2.67. The van der Waals surface area contributed by atoms with Crippen LogP contribution in [0, 0.1) is 34.6 Å². The van der Waals surface area contributed by atoms with Crippen molar-refractivity contribution >= 4 is 5.78 Å². The molecule has 0 heterocycles. The van der Waals surface area contributed by atoms with Crippen LogP contribution in [0.25, 0.3) is 0 Å². The summed E-state index contributed by atoms with van der Waals surface area (Å²) in [5.41, 5.74) is 7.22. The van der Waals surface area contributed by atoms with Crippen molar-refractivity contribution in [3.05, 3.63) is 69.3 Å². The maximum Gasteiger partial charge on any atom is 0.193 e. The van der Waals surface area contributed by atoms with Gasteiger partial charge in [0.1, 0.15) is 0 Å². The van der Waals surface area contributed by atoms with Crippen molar-refractivity contribution in [3.8, 4) is 0 Å². The lowest BCUT2D eigenvalue weighted by molar-refractivity contribution is 0.103. The van der Waals surface area contributed by atoms with Gasteiger partial charge in [-0.05, 0) is 56.9 Å². The molecule has 1 heteroatoms. The molecule has 0 fully saturated rings. The quantitative estimate of drug-likeness (QED) is 0.721. The molecule has 0 amide bonds. The lowest BCUT2D eigenvalue weighted by atomic mass is 9.90. The molecule has 0 aromatic heterocycles. The second-order valence-electron chi connectivity index (χ2n) is 5.35. The maximum absolute atomic E-state index is 12.8. The molecule has 0 aliphatic carbocycles. The van der Waals surface area contributed by atoms with Gasteiger partial charge in [-0.15, -0.1) is 0 Å². The van der Waals surface area contributed by atoms with Crippen molar-refractivity contribution in [1.29, 1.82) is 0 Å². The standard InChI is InChI=1S/C18H20O/c1-11-9-13(3)17(14(4)10-11)18(19)16-8-6-7-12(2)15(16)5/h6-10H,1-5H3. The van der Waals surface area contributed by atoms with Crippen LogP contribution >= 0.6 is 0 Å². The SMILES string of the molecule is Cc1cc(C)c(C(=O)c2cccc(C)c2C)c(C)c1. The number of carbonyl (C=O) groups is 1. The Balaban J connectivity index is 2.60. The van der Waals surface area contributed by atoms with Crippen LogP contribution in [0.1, 0.15) is 43.7 Å². The van der Waals surface area contributed by atoms with Gasteiger partial charge in [-0.1, -0.05) is 35.9 Å². The smallest absolute Gasteiger partial charge is 0.193 e. The molecule has 0 spiro atoms. The first-order valence-electron chi connectivity index (χ1n) is 6.60. The largest absolute Gasteiger partial charge is 0.289 e. The zero-order chi connectivity index (χ0) is 14.2. The molecule has 0 N–H and O–H groups in total. The first-order chi connectivity index (χ1) is 8.91. The van der Waals surface area contributed by atoms with Crippen LogP contribution in [0.15, 0.2) is 30.3 Å². The highest BCUT2D eigenvalue weighted by atomic mass is 16.1. The van der Waals surface area contributed by atoms with Crippen molar-refractivity contribution < 1.29 is 4.79 Å². The van der Waals surface area contributed by atoms with E-state index in [-0.39, 0.29) is 5.78 Å². The summed E-state index contributed by atoms with van der Waals surface area (Å²) in [6.07, 6.45) is 0. The Bertz CT molecular complexity index is 628. The van der Waals surface area contributed by atoms with Crippen LogP contribution in [-0.2, 0) is 0 Å². The summed E-state index contributed by atoms with van der Waals surface area (Å²) < 4.78 is 0. The molecule has 0 bridgehead atoms. The number of hydrogen-bond acceptors (Lipinski definition) is 1. The summed E-state index contributed by atoms with van der Waals surface area (Å²) in [7, 11) is 0. The van der Waals surface area contributed by atoms with Crippen LogP contribution in [0.3, 0.4) is 0 Å². The lowest BCUT2D eigenvalue weighted by Gasteiger charge is -2.13. The van der Waals surface area contributed by atoms with Gasteiger partial charge in [0.25, 0.3) is 0 Å². The monoisotopic (exact) mass is 252 g/mol. The second kappa shape index (κ2) is 5.00. The van der Waals surface area contributed by atoms with Gasteiger partial charge < -0.3 is 0 Å². The number of aryl methyl sites for hydroxylation is 4. The first-order valence-corrected chi connectivity index (χ1v) is 6.60. The maximum atomic E-state index is 12.8. The normalized spacial score (nSPS) is 10.6. The molecule has 0 aliphatic heterocycles. The zero-order valence-corrected chi connectivity index (χ0v) is 12.3. The average Bonchev–Trinajstić information content (AvgIpc) is 2.31. The highest BCUT2D eigenvalue weighted by molar-refractivity contribution is 6.11. The molecule has 0 radical (unpaired) electrons. The molecule has 2 aromatic carbocycles. The Morgan fingerprint density at radius 2 is 1.42 bits per heavy atom. The third kappa shape index (κ3) is 2.46. The summed E-state index contributed by atoms with van der Waals surface area (Å²) in [6, 6.07) is 10.1. The molecular formula is C18H20O. The molecule has 0 saturated heterocycles. The number of hydrogen-bond donors (Lipinski definition) is 0. The molecule has 19 heavy (non-hydrogen) atoms. The predicted octanol–water partition coefficient (Wildman–Crippen LogP) is 4.46. The van der Waals surface area contributed by atoms with Gasteiger partial charge in [0.05, 0.1) is 0 Å². The Morgan fingerprint density at radius 3 is 2.00 bits per heavy atom. The molecule has 2 rings (SSSR count). The molecule has 1 nitrogen and oxygen atoms in total. The van der Waals surface area contributed by atoms with Crippen molar-refractivity contribution in [1.82, 2.24) is 0 Å². The molecule has 0 aliphatic rings. The van der Waals surface area contributed by atoms with Crippen molar-refractivity contribution in [2.75, 3.05) is 0 Å². The van der Waals surface area contributed by atoms with Crippen LogP contribution in [0.5, 0.6) is 0 Å². The van der Waals surface area contributed by atoms with Crippen molar-refractivity contribution in [2.45, 2.75) is 34.6 Å². The van der Waals surface area contributed by atoms with Crippen LogP contribution in [0.4, 0.5) is 0 Å². The molecular weight excluding hydrogens is 232 g/mol. The third-order valence-corrected chi connectivity index (χ3v) is 3.75. The van der Waals surface area contributed by atoms with Gasteiger partial charge in [-0.2, -0.15) is 0 Å². The topological polar surface area (TPSA) is 17.1 Å². The van der Waals surface area contributed by atoms with Gasteiger partial charge in [-0.25, -0.2) is 0 Å². The zero-order valence-electron chi connectivity index (χ0n) is 12.3. The minimum atomic E-state index is 0.135. The van der Waals surface area contributed by atoms with Crippen LogP contribution in [-0.4, -0.2) is 5.78 Å². The minimum Gasteiger partial charge on any atom is -0.289 e. The molecule has 2 aromatic rings. The van der Waals surface area contributed by atoms with E-state index in [1.54, 1.807) is 0 Å². The molecule has 0 saturated carbocycles. The van der Waals surface area contributed by atoms with E-state index in [0.29, 0.717) is 0 Å². The minimum absolute atomic E-state index is 0.135. The van der Waals surface area contributed by atoms with E-state index >= 15 is 0 Å². The molecule has 0 unspecified atom stereocenters. The summed E-state index contributed by atoms with van der Waals surface area (Å²) in [5, 5.41) is 0. The third-order valence-electron chi connectivity index (χ3n) is 3.75. The fourth-order valence-corrected chi connectivity index (χ4v) is 2.67. The van der Waals surface area contributed by atoms with E-state index < -0.39 is 0 Å². The Hall–Kier alpha value is -1.89. The van der Waals surface area contributed by atoms with Gasteiger partial charge in [0.2, 0.25) is 0 Å². The summed E-state index contributed by atoms with van der Waals surface area (Å²) >= 11 is 0. The molecule has 0 atom stereocenters. The fraction of sp³-hybridized carbons (Fsp3) is 0.278. The Labute approximate surface area is 115 Å². The number of benzene rings is 2. The summed E-state index contributed by atoms with van der Waals surface area (Å²) in [5.74, 6) is 0.135. The number of ketones is 1. The Kier molecular flexibility index (Phi) is 3.57. The highest BCUT2D eigenvalue weighted by Crippen LogP contribution is 2.23. The number of carbonyl (C=O) groups excluding carboxylic acids is 1. The second-order valence-corrected chi connectivity index (χ2v) is 5.35. The van der Waals surface area contributed by atoms with E-state index in [1.165, 1.54) is 5.56 Å². The van der Waals surface area contributed by atoms with Crippen molar-refractivity contribution in [3.63, 3.8) is 0 Å². The van der Waals surface area contributed by atoms with E-state index in [4.69, 9.17) is 0 Å². The van der Waals surface area contributed by atoms with Crippen molar-refractivity contribution in [2.24, 2.45) is 0 Å². The van der Waals surface area contributed by atoms with Gasteiger partial charge in [0.15, 0.2) is 5.78 Å². The van der Waals surface area contributed by atoms with E-state index in [9.17, 15) is 4.79 Å². The highest BCUT2D eigenvalue weighted by Gasteiger charge is 2.17. The first kappa shape index (κ1) is 13.5. The summed E-state index contributed by atoms with van der Waals surface area (Å²) in [6.45, 7) is 10.1.